The Morgan fingerprint density at radius 1 is 0.973 bits per heavy atom. The minimum absolute atomic E-state index is 0.180. The molecule has 0 saturated heterocycles. The van der Waals surface area contributed by atoms with Gasteiger partial charge >= 0.3 is 6.03 Å². The van der Waals surface area contributed by atoms with Crippen molar-refractivity contribution in [2.45, 2.75) is 26.3 Å². The molecule has 37 heavy (non-hydrogen) atoms. The maximum absolute atomic E-state index is 13.8. The number of urea groups is 1. The first-order valence-electron chi connectivity index (χ1n) is 11.9. The summed E-state index contributed by atoms with van der Waals surface area (Å²) in [6.07, 6.45) is 1.70. The molecule has 0 unspecified atom stereocenters. The maximum Gasteiger partial charge on any atom is 0.319 e. The highest BCUT2D eigenvalue weighted by atomic mass is 19.1. The number of anilines is 1. The topological polar surface area (TPSA) is 132 Å². The molecule has 2 amide bonds. The molecule has 13 heteroatoms. The van der Waals surface area contributed by atoms with E-state index in [2.05, 4.69) is 46.6 Å². The molecule has 2 aromatic heterocycles. The van der Waals surface area contributed by atoms with Gasteiger partial charge in [-0.3, -0.25) is 0 Å². The second-order valence-corrected chi connectivity index (χ2v) is 8.96. The van der Waals surface area contributed by atoms with Gasteiger partial charge in [0.1, 0.15) is 5.82 Å². The molecular formula is C24H30FN11O. The highest BCUT2D eigenvalue weighted by Gasteiger charge is 2.14. The van der Waals surface area contributed by atoms with E-state index in [0.29, 0.717) is 47.1 Å². The van der Waals surface area contributed by atoms with E-state index in [0.717, 1.165) is 24.9 Å². The number of benzene rings is 2. The first-order chi connectivity index (χ1) is 17.8. The Morgan fingerprint density at radius 3 is 2.19 bits per heavy atom. The first-order valence-corrected chi connectivity index (χ1v) is 11.9. The normalized spacial score (nSPS) is 11.2. The predicted molar refractivity (Wildman–Crippen MR) is 136 cm³/mol. The Morgan fingerprint density at radius 2 is 1.62 bits per heavy atom. The lowest BCUT2D eigenvalue weighted by Gasteiger charge is -2.17. The van der Waals surface area contributed by atoms with E-state index in [-0.39, 0.29) is 11.8 Å². The zero-order valence-corrected chi connectivity index (χ0v) is 21.3. The lowest BCUT2D eigenvalue weighted by atomic mass is 10.1. The number of hydrogen-bond donors (Lipinski definition) is 2. The molecule has 0 saturated carbocycles. The van der Waals surface area contributed by atoms with E-state index in [1.165, 1.54) is 0 Å². The number of aromatic nitrogens is 8. The van der Waals surface area contributed by atoms with Crippen LogP contribution in [0.25, 0.3) is 22.8 Å². The Labute approximate surface area is 213 Å². The standard InChI is InChI=1S/C24H30FN11O/c1-16-7-8-17(11-21(16)25)15-34(2)10-6-5-9-26-24(37)27-20-13-18(22-28-30-32-35(22)3)12-19(14-20)23-29-31-33-36(23)4/h7-8,11-14H,5-6,9-10,15H2,1-4H3,(H2,26,27,37). The number of nitrogens with one attached hydrogen (secondary N) is 2. The number of hydrogen-bond acceptors (Lipinski definition) is 8. The predicted octanol–water partition coefficient (Wildman–Crippen LogP) is 2.55. The summed E-state index contributed by atoms with van der Waals surface area (Å²) in [6, 6.07) is 10.5. The van der Waals surface area contributed by atoms with E-state index in [9.17, 15) is 9.18 Å². The lowest BCUT2D eigenvalue weighted by molar-refractivity contribution is 0.251. The van der Waals surface area contributed by atoms with Gasteiger partial charge in [-0.1, -0.05) is 12.1 Å². The molecule has 4 rings (SSSR count). The second-order valence-electron chi connectivity index (χ2n) is 8.96. The first kappa shape index (κ1) is 25.8. The number of tetrazole rings is 2. The highest BCUT2D eigenvalue weighted by molar-refractivity contribution is 5.91. The average Bonchev–Trinajstić information content (AvgIpc) is 3.49. The Hall–Kier alpha value is -4.26. The van der Waals surface area contributed by atoms with Crippen LogP contribution in [-0.4, -0.2) is 71.5 Å². The van der Waals surface area contributed by atoms with E-state index in [1.807, 2.05) is 19.2 Å². The third-order valence-corrected chi connectivity index (χ3v) is 5.89. The number of rotatable bonds is 10. The van der Waals surface area contributed by atoms with Crippen molar-refractivity contribution in [3.63, 3.8) is 0 Å². The molecule has 0 radical (unpaired) electrons. The van der Waals surface area contributed by atoms with Crippen molar-refractivity contribution in [1.82, 2.24) is 50.6 Å². The van der Waals surface area contributed by atoms with Crippen LogP contribution in [0.15, 0.2) is 36.4 Å². The maximum atomic E-state index is 13.8. The summed E-state index contributed by atoms with van der Waals surface area (Å²) in [5.74, 6) is 0.899. The number of amides is 2. The molecule has 0 aliphatic heterocycles. The van der Waals surface area contributed by atoms with Gasteiger partial charge in [0, 0.05) is 44.0 Å². The number of carbonyl (C=O) groups is 1. The van der Waals surface area contributed by atoms with E-state index >= 15 is 0 Å². The fourth-order valence-electron chi connectivity index (χ4n) is 3.92. The van der Waals surface area contributed by atoms with Crippen molar-refractivity contribution in [2.75, 3.05) is 25.5 Å². The lowest BCUT2D eigenvalue weighted by Crippen LogP contribution is -2.30. The van der Waals surface area contributed by atoms with Gasteiger partial charge in [0.2, 0.25) is 0 Å². The van der Waals surface area contributed by atoms with Crippen LogP contribution in [0, 0.1) is 12.7 Å². The molecule has 0 spiro atoms. The van der Waals surface area contributed by atoms with E-state index < -0.39 is 0 Å². The van der Waals surface area contributed by atoms with Crippen molar-refractivity contribution in [3.05, 3.63) is 53.3 Å². The quantitative estimate of drug-likeness (QED) is 0.313. The fraction of sp³-hybridized carbons (Fsp3) is 0.375. The SMILES string of the molecule is Cc1ccc(CN(C)CCCCNC(=O)Nc2cc(-c3nnnn3C)cc(-c3nnnn3C)c2)cc1F. The summed E-state index contributed by atoms with van der Waals surface area (Å²) in [7, 11) is 5.48. The van der Waals surface area contributed by atoms with Gasteiger partial charge < -0.3 is 15.5 Å². The molecule has 194 valence electrons. The van der Waals surface area contributed by atoms with Crippen LogP contribution in [0.2, 0.25) is 0 Å². The molecule has 0 aliphatic carbocycles. The van der Waals surface area contributed by atoms with E-state index in [1.54, 1.807) is 54.6 Å². The summed E-state index contributed by atoms with van der Waals surface area (Å²) in [5.41, 5.74) is 3.56. The smallest absolute Gasteiger partial charge is 0.319 e. The molecule has 0 atom stereocenters. The Balaban J connectivity index is 1.30. The molecule has 2 N–H and O–H groups in total. The van der Waals surface area contributed by atoms with Gasteiger partial charge in [-0.2, -0.15) is 0 Å². The minimum Gasteiger partial charge on any atom is -0.338 e. The van der Waals surface area contributed by atoms with Gasteiger partial charge in [0.15, 0.2) is 11.6 Å². The molecule has 2 aromatic carbocycles. The Kier molecular flexibility index (Phi) is 8.13. The fourth-order valence-corrected chi connectivity index (χ4v) is 3.92. The molecule has 4 aromatic rings. The van der Waals surface area contributed by atoms with Crippen LogP contribution in [0.4, 0.5) is 14.9 Å². The van der Waals surface area contributed by atoms with Crippen LogP contribution >= 0.6 is 0 Å². The van der Waals surface area contributed by atoms with Crippen molar-refractivity contribution >= 4 is 11.7 Å². The molecule has 0 fully saturated rings. The van der Waals surface area contributed by atoms with Crippen molar-refractivity contribution in [2.24, 2.45) is 14.1 Å². The Bertz CT molecular complexity index is 1310. The number of nitrogens with zero attached hydrogens (tertiary/aromatic N) is 9. The van der Waals surface area contributed by atoms with Gasteiger partial charge in [0.05, 0.1) is 0 Å². The molecule has 12 nitrogen and oxygen atoms in total. The number of carbonyl (C=O) groups excluding carboxylic acids is 1. The third-order valence-electron chi connectivity index (χ3n) is 5.89. The van der Waals surface area contributed by atoms with E-state index in [4.69, 9.17) is 0 Å². The summed E-state index contributed by atoms with van der Waals surface area (Å²) in [4.78, 5) is 14.7. The van der Waals surface area contributed by atoms with Crippen LogP contribution in [0.1, 0.15) is 24.0 Å². The third kappa shape index (κ3) is 6.70. The molecule has 0 bridgehead atoms. The van der Waals surface area contributed by atoms with Crippen molar-refractivity contribution < 1.29 is 9.18 Å². The molecule has 2 heterocycles. The van der Waals surface area contributed by atoms with Crippen LogP contribution in [0.5, 0.6) is 0 Å². The summed E-state index contributed by atoms with van der Waals surface area (Å²) < 4.78 is 16.8. The summed E-state index contributed by atoms with van der Waals surface area (Å²) in [5, 5.41) is 29.1. The van der Waals surface area contributed by atoms with Crippen molar-refractivity contribution in [1.29, 1.82) is 0 Å². The zero-order valence-electron chi connectivity index (χ0n) is 21.3. The second kappa shape index (κ2) is 11.6. The van der Waals surface area contributed by atoms with Gasteiger partial charge in [-0.05, 0) is 89.6 Å². The zero-order chi connectivity index (χ0) is 26.4. The van der Waals surface area contributed by atoms with Crippen LogP contribution < -0.4 is 10.6 Å². The number of halogens is 1. The molecule has 0 aliphatic rings. The van der Waals surface area contributed by atoms with Crippen molar-refractivity contribution in [3.8, 4) is 22.8 Å². The minimum atomic E-state index is -0.321. The van der Waals surface area contributed by atoms with Gasteiger partial charge in [-0.25, -0.2) is 18.5 Å². The van der Waals surface area contributed by atoms with Crippen LogP contribution in [-0.2, 0) is 20.6 Å². The molecular weight excluding hydrogens is 477 g/mol. The van der Waals surface area contributed by atoms with Gasteiger partial charge in [-0.15, -0.1) is 10.2 Å². The number of unbranched alkanes of at least 4 members (excludes halogenated alkanes) is 1. The summed E-state index contributed by atoms with van der Waals surface area (Å²) >= 11 is 0. The average molecular weight is 508 g/mol. The highest BCUT2D eigenvalue weighted by Crippen LogP contribution is 2.27. The van der Waals surface area contributed by atoms with Crippen LogP contribution in [0.3, 0.4) is 0 Å². The largest absolute Gasteiger partial charge is 0.338 e. The monoisotopic (exact) mass is 507 g/mol. The van der Waals surface area contributed by atoms with Gasteiger partial charge in [0.25, 0.3) is 0 Å². The summed E-state index contributed by atoms with van der Waals surface area (Å²) in [6.45, 7) is 3.78. The number of aryl methyl sites for hydroxylation is 3.